The fourth-order valence-electron chi connectivity index (χ4n) is 4.03. The monoisotopic (exact) mass is 398 g/mol. The van der Waals surface area contributed by atoms with Crippen molar-refractivity contribution in [3.05, 3.63) is 62.7 Å². The molecule has 1 aliphatic carbocycles. The Morgan fingerprint density at radius 2 is 1.79 bits per heavy atom. The van der Waals surface area contributed by atoms with Crippen LogP contribution in [-0.2, 0) is 0 Å². The lowest BCUT2D eigenvalue weighted by Crippen LogP contribution is -2.22. The fourth-order valence-corrected chi connectivity index (χ4v) is 4.03. The summed E-state index contributed by atoms with van der Waals surface area (Å²) in [6.07, 6.45) is 1.35. The molecular weight excluding hydrogens is 374 g/mol. The molecule has 1 aliphatic rings. The second kappa shape index (κ2) is 7.21. The molecule has 1 atom stereocenters. The van der Waals surface area contributed by atoms with Crippen LogP contribution >= 0.6 is 0 Å². The van der Waals surface area contributed by atoms with Crippen molar-refractivity contribution in [2.75, 3.05) is 5.32 Å². The van der Waals surface area contributed by atoms with Crippen LogP contribution in [0.3, 0.4) is 0 Å². The highest BCUT2D eigenvalue weighted by molar-refractivity contribution is 5.94. The van der Waals surface area contributed by atoms with Gasteiger partial charge in [0.15, 0.2) is 5.82 Å². The van der Waals surface area contributed by atoms with Crippen LogP contribution in [-0.4, -0.2) is 14.8 Å². The number of hydrogen-bond acceptors (Lipinski definition) is 4. The number of aromatic nitrogens is 3. The van der Waals surface area contributed by atoms with Crippen LogP contribution in [0.5, 0.6) is 0 Å². The minimum Gasteiger partial charge on any atom is -0.361 e. The Bertz CT molecular complexity index is 1150. The van der Waals surface area contributed by atoms with Crippen molar-refractivity contribution >= 4 is 16.6 Å². The standard InChI is InChI=1S/C22H24F2N4O/c1-11-16(6-5-7-17(11)20(23)24)13(3)25-21-18-10-28(15-8-9-15)22(29)12(2)19(18)14(4)26-27-21/h5-7,10,13,15,20H,8-9H2,1-4H3,(H,25,27)/t13-/m1/s1. The van der Waals surface area contributed by atoms with Gasteiger partial charge in [-0.15, -0.1) is 5.10 Å². The van der Waals surface area contributed by atoms with E-state index >= 15 is 0 Å². The maximum atomic E-state index is 13.3. The summed E-state index contributed by atoms with van der Waals surface area (Å²) in [5.41, 5.74) is 2.76. The predicted molar refractivity (Wildman–Crippen MR) is 110 cm³/mol. The van der Waals surface area contributed by atoms with Gasteiger partial charge in [0.05, 0.1) is 11.7 Å². The molecule has 5 nitrogen and oxygen atoms in total. The van der Waals surface area contributed by atoms with Gasteiger partial charge in [-0.3, -0.25) is 4.79 Å². The Morgan fingerprint density at radius 3 is 2.45 bits per heavy atom. The zero-order valence-corrected chi connectivity index (χ0v) is 17.0. The molecule has 0 radical (unpaired) electrons. The Kier molecular flexibility index (Phi) is 4.84. The minimum absolute atomic E-state index is 0.00979. The highest BCUT2D eigenvalue weighted by atomic mass is 19.3. The summed E-state index contributed by atoms with van der Waals surface area (Å²) >= 11 is 0. The van der Waals surface area contributed by atoms with E-state index < -0.39 is 6.43 Å². The van der Waals surface area contributed by atoms with E-state index in [4.69, 9.17) is 0 Å². The van der Waals surface area contributed by atoms with E-state index in [1.54, 1.807) is 17.6 Å². The average Bonchev–Trinajstić information content (AvgIpc) is 3.51. The van der Waals surface area contributed by atoms with Gasteiger partial charge in [0, 0.05) is 34.1 Å². The van der Waals surface area contributed by atoms with Gasteiger partial charge in [-0.1, -0.05) is 18.2 Å². The summed E-state index contributed by atoms with van der Waals surface area (Å²) in [5.74, 6) is 0.553. The first kappa shape index (κ1) is 19.5. The van der Waals surface area contributed by atoms with Gasteiger partial charge in [0.25, 0.3) is 12.0 Å². The zero-order valence-electron chi connectivity index (χ0n) is 17.0. The van der Waals surface area contributed by atoms with E-state index in [0.717, 1.165) is 29.2 Å². The summed E-state index contributed by atoms with van der Waals surface area (Å²) in [6.45, 7) is 7.28. The van der Waals surface area contributed by atoms with Gasteiger partial charge in [-0.05, 0) is 51.7 Å². The van der Waals surface area contributed by atoms with Gasteiger partial charge in [0.1, 0.15) is 0 Å². The number of rotatable bonds is 5. The number of alkyl halides is 2. The van der Waals surface area contributed by atoms with Crippen LogP contribution in [0.25, 0.3) is 10.8 Å². The highest BCUT2D eigenvalue weighted by Gasteiger charge is 2.27. The number of benzene rings is 1. The van der Waals surface area contributed by atoms with Crippen molar-refractivity contribution in [1.82, 2.24) is 14.8 Å². The average molecular weight is 398 g/mol. The van der Waals surface area contributed by atoms with Crippen LogP contribution in [0.2, 0.25) is 0 Å². The van der Waals surface area contributed by atoms with Crippen molar-refractivity contribution in [3.8, 4) is 0 Å². The molecule has 4 rings (SSSR count). The normalized spacial score (nSPS) is 15.1. The van der Waals surface area contributed by atoms with Gasteiger partial charge in [0.2, 0.25) is 0 Å². The van der Waals surface area contributed by atoms with Crippen molar-refractivity contribution in [3.63, 3.8) is 0 Å². The zero-order chi connectivity index (χ0) is 20.9. The van der Waals surface area contributed by atoms with Gasteiger partial charge in [-0.25, -0.2) is 8.78 Å². The molecule has 3 aromatic rings. The third-order valence-corrected chi connectivity index (χ3v) is 5.80. The number of halogens is 2. The molecule has 0 unspecified atom stereocenters. The van der Waals surface area contributed by atoms with E-state index in [1.807, 2.05) is 33.0 Å². The molecule has 29 heavy (non-hydrogen) atoms. The molecule has 1 fully saturated rings. The third-order valence-electron chi connectivity index (χ3n) is 5.80. The number of pyridine rings is 1. The molecule has 2 heterocycles. The predicted octanol–water partition coefficient (Wildman–Crippen LogP) is 5.16. The SMILES string of the molecule is Cc1c(C(F)F)cccc1[C@@H](C)Nc1nnc(C)c2c(C)c(=O)n(C3CC3)cc12. The number of nitrogens with one attached hydrogen (secondary N) is 1. The van der Waals surface area contributed by atoms with E-state index in [0.29, 0.717) is 22.6 Å². The van der Waals surface area contributed by atoms with Crippen molar-refractivity contribution in [1.29, 1.82) is 0 Å². The molecule has 7 heteroatoms. The van der Waals surface area contributed by atoms with Gasteiger partial charge < -0.3 is 9.88 Å². The molecule has 0 saturated heterocycles. The lowest BCUT2D eigenvalue weighted by atomic mass is 9.97. The lowest BCUT2D eigenvalue weighted by Gasteiger charge is -2.20. The topological polar surface area (TPSA) is 59.8 Å². The summed E-state index contributed by atoms with van der Waals surface area (Å²) in [5, 5.41) is 13.5. The first-order chi connectivity index (χ1) is 13.8. The highest BCUT2D eigenvalue weighted by Crippen LogP contribution is 2.36. The first-order valence-electron chi connectivity index (χ1n) is 9.82. The quantitative estimate of drug-likeness (QED) is 0.645. The smallest absolute Gasteiger partial charge is 0.264 e. The van der Waals surface area contributed by atoms with Gasteiger partial charge >= 0.3 is 0 Å². The van der Waals surface area contributed by atoms with Crippen molar-refractivity contribution < 1.29 is 8.78 Å². The minimum atomic E-state index is -2.52. The van der Waals surface area contributed by atoms with Crippen LogP contribution in [0, 0.1) is 20.8 Å². The Morgan fingerprint density at radius 1 is 1.10 bits per heavy atom. The molecule has 0 spiro atoms. The van der Waals surface area contributed by atoms with Crippen LogP contribution < -0.4 is 10.9 Å². The lowest BCUT2D eigenvalue weighted by molar-refractivity contribution is 0.150. The van der Waals surface area contributed by atoms with Crippen molar-refractivity contribution in [2.45, 2.75) is 59.0 Å². The molecule has 2 aromatic heterocycles. The molecule has 1 saturated carbocycles. The van der Waals surface area contributed by atoms with Crippen LogP contribution in [0.1, 0.15) is 66.2 Å². The van der Waals surface area contributed by atoms with E-state index in [9.17, 15) is 13.6 Å². The number of hydrogen-bond donors (Lipinski definition) is 1. The number of nitrogens with zero attached hydrogens (tertiary/aromatic N) is 3. The van der Waals surface area contributed by atoms with E-state index in [-0.39, 0.29) is 23.2 Å². The molecule has 0 aliphatic heterocycles. The Balaban J connectivity index is 1.80. The second-order valence-corrected chi connectivity index (χ2v) is 7.85. The summed E-state index contributed by atoms with van der Waals surface area (Å²) < 4.78 is 28.4. The third kappa shape index (κ3) is 3.39. The second-order valence-electron chi connectivity index (χ2n) is 7.85. The summed E-state index contributed by atoms with van der Waals surface area (Å²) in [4.78, 5) is 12.7. The number of fused-ring (bicyclic) bond motifs is 1. The number of aryl methyl sites for hydroxylation is 2. The van der Waals surface area contributed by atoms with Crippen LogP contribution in [0.4, 0.5) is 14.6 Å². The summed E-state index contributed by atoms with van der Waals surface area (Å²) in [6, 6.07) is 4.93. The largest absolute Gasteiger partial charge is 0.361 e. The molecule has 152 valence electrons. The van der Waals surface area contributed by atoms with Gasteiger partial charge in [-0.2, -0.15) is 5.10 Å². The van der Waals surface area contributed by atoms with E-state index in [2.05, 4.69) is 15.5 Å². The molecule has 1 aromatic carbocycles. The molecular formula is C22H24F2N4O. The maximum absolute atomic E-state index is 13.3. The fraction of sp³-hybridized carbons (Fsp3) is 0.409. The Labute approximate surface area is 167 Å². The maximum Gasteiger partial charge on any atom is 0.264 e. The first-order valence-corrected chi connectivity index (χ1v) is 9.82. The van der Waals surface area contributed by atoms with Crippen molar-refractivity contribution in [2.24, 2.45) is 0 Å². The van der Waals surface area contributed by atoms with E-state index in [1.165, 1.54) is 6.07 Å². The number of anilines is 1. The van der Waals surface area contributed by atoms with Crippen LogP contribution in [0.15, 0.2) is 29.2 Å². The molecule has 0 bridgehead atoms. The summed E-state index contributed by atoms with van der Waals surface area (Å²) in [7, 11) is 0. The molecule has 0 amide bonds. The Hall–Kier alpha value is -2.83. The molecule has 1 N–H and O–H groups in total.